The molecule has 0 saturated carbocycles. The minimum atomic E-state index is -1.28. The second-order valence-electron chi connectivity index (χ2n) is 6.65. The zero-order chi connectivity index (χ0) is 20.9. The highest BCUT2D eigenvalue weighted by Gasteiger charge is 2.38. The van der Waals surface area contributed by atoms with Crippen LogP contribution in [0.25, 0.3) is 0 Å². The molecule has 0 aromatic heterocycles. The Bertz CT molecular complexity index is 913. The first kappa shape index (κ1) is 19.9. The van der Waals surface area contributed by atoms with Gasteiger partial charge in [0.1, 0.15) is 6.61 Å². The van der Waals surface area contributed by atoms with Crippen molar-refractivity contribution < 1.29 is 28.6 Å². The molecule has 29 heavy (non-hydrogen) atoms. The summed E-state index contributed by atoms with van der Waals surface area (Å²) in [7, 11) is 0. The van der Waals surface area contributed by atoms with E-state index in [0.717, 1.165) is 5.56 Å². The van der Waals surface area contributed by atoms with Gasteiger partial charge in [-0.1, -0.05) is 30.3 Å². The van der Waals surface area contributed by atoms with Crippen molar-refractivity contribution in [2.24, 2.45) is 0 Å². The number of hydrogen-bond donors (Lipinski definition) is 2. The third-order valence-electron chi connectivity index (χ3n) is 3.84. The summed E-state index contributed by atoms with van der Waals surface area (Å²) in [6, 6.07) is 16.0. The fourth-order valence-electron chi connectivity index (χ4n) is 2.46. The van der Waals surface area contributed by atoms with E-state index in [1.165, 1.54) is 20.0 Å². The third kappa shape index (κ3) is 5.58. The summed E-state index contributed by atoms with van der Waals surface area (Å²) in [5.41, 5.74) is 1.76. The van der Waals surface area contributed by atoms with Gasteiger partial charge in [-0.25, -0.2) is 14.4 Å². The van der Waals surface area contributed by atoms with Crippen molar-refractivity contribution in [2.75, 3.05) is 10.6 Å². The van der Waals surface area contributed by atoms with E-state index in [-0.39, 0.29) is 12.2 Å². The molecule has 150 valence electrons. The smallest absolute Gasteiger partial charge is 0.411 e. The lowest BCUT2D eigenvalue weighted by Crippen LogP contribution is -2.42. The summed E-state index contributed by atoms with van der Waals surface area (Å²) >= 11 is 0. The highest BCUT2D eigenvalue weighted by Crippen LogP contribution is 2.23. The van der Waals surface area contributed by atoms with Gasteiger partial charge >= 0.3 is 18.0 Å². The van der Waals surface area contributed by atoms with Crippen LogP contribution in [0.2, 0.25) is 0 Å². The topological polar surface area (TPSA) is 103 Å². The molecule has 8 heteroatoms. The van der Waals surface area contributed by atoms with E-state index in [9.17, 15) is 14.4 Å². The Morgan fingerprint density at radius 3 is 2.17 bits per heavy atom. The van der Waals surface area contributed by atoms with Crippen LogP contribution in [-0.2, 0) is 30.4 Å². The normalized spacial score (nSPS) is 15.0. The molecule has 0 unspecified atom stereocenters. The number of anilines is 2. The predicted octanol–water partition coefficient (Wildman–Crippen LogP) is 3.57. The molecule has 1 heterocycles. The number of amides is 1. The molecular formula is C21H20N2O6. The first-order valence-corrected chi connectivity index (χ1v) is 8.83. The second-order valence-corrected chi connectivity index (χ2v) is 6.65. The predicted molar refractivity (Wildman–Crippen MR) is 105 cm³/mol. The first-order valence-electron chi connectivity index (χ1n) is 8.83. The standard InChI is InChI=1S/C21H20N2O6/c1-21(2)28-18(24)17(19(25)29-21)12-22-15-8-10-16(11-9-15)23-20(26)27-13-14-6-4-3-5-7-14/h3-12,22H,13H2,1-2H3,(H,23,26). The molecule has 2 N–H and O–H groups in total. The fraction of sp³-hybridized carbons (Fsp3) is 0.190. The molecule has 2 aromatic rings. The molecule has 0 atom stereocenters. The Labute approximate surface area is 167 Å². The maximum atomic E-state index is 11.9. The molecule has 2 aromatic carbocycles. The molecule has 1 amide bonds. The van der Waals surface area contributed by atoms with Crippen LogP contribution in [0.1, 0.15) is 19.4 Å². The van der Waals surface area contributed by atoms with E-state index >= 15 is 0 Å². The molecule has 0 radical (unpaired) electrons. The van der Waals surface area contributed by atoms with Gasteiger partial charge in [0.15, 0.2) is 5.57 Å². The fourth-order valence-corrected chi connectivity index (χ4v) is 2.46. The van der Waals surface area contributed by atoms with Gasteiger partial charge in [-0.15, -0.1) is 0 Å². The van der Waals surface area contributed by atoms with Crippen LogP contribution in [0.5, 0.6) is 0 Å². The number of benzene rings is 2. The Kier molecular flexibility index (Phi) is 5.82. The van der Waals surface area contributed by atoms with Crippen molar-refractivity contribution in [3.63, 3.8) is 0 Å². The third-order valence-corrected chi connectivity index (χ3v) is 3.84. The first-order chi connectivity index (χ1) is 13.8. The zero-order valence-corrected chi connectivity index (χ0v) is 15.9. The molecule has 8 nitrogen and oxygen atoms in total. The van der Waals surface area contributed by atoms with E-state index in [0.29, 0.717) is 11.4 Å². The second kappa shape index (κ2) is 8.47. The Balaban J connectivity index is 1.53. The van der Waals surface area contributed by atoms with Gasteiger partial charge in [0.2, 0.25) is 0 Å². The molecular weight excluding hydrogens is 376 g/mol. The van der Waals surface area contributed by atoms with Gasteiger partial charge in [-0.05, 0) is 29.8 Å². The summed E-state index contributed by atoms with van der Waals surface area (Å²) < 4.78 is 15.2. The lowest BCUT2D eigenvalue weighted by atomic mass is 10.2. The molecule has 0 aliphatic carbocycles. The Morgan fingerprint density at radius 2 is 1.55 bits per heavy atom. The van der Waals surface area contributed by atoms with E-state index in [1.54, 1.807) is 24.3 Å². The summed E-state index contributed by atoms with van der Waals surface area (Å²) in [5.74, 6) is -2.81. The quantitative estimate of drug-likeness (QED) is 0.452. The van der Waals surface area contributed by atoms with Gasteiger partial charge in [0.05, 0.1) is 0 Å². The lowest BCUT2D eigenvalue weighted by molar-refractivity contribution is -0.222. The minimum absolute atomic E-state index is 0.170. The van der Waals surface area contributed by atoms with E-state index in [4.69, 9.17) is 14.2 Å². The van der Waals surface area contributed by atoms with Crippen LogP contribution in [0.4, 0.5) is 16.2 Å². The van der Waals surface area contributed by atoms with E-state index in [2.05, 4.69) is 10.6 Å². The molecule has 1 aliphatic rings. The van der Waals surface area contributed by atoms with Gasteiger partial charge in [-0.2, -0.15) is 0 Å². The molecule has 0 spiro atoms. The highest BCUT2D eigenvalue weighted by atomic mass is 16.7. The minimum Gasteiger partial charge on any atom is -0.444 e. The summed E-state index contributed by atoms with van der Waals surface area (Å²) in [4.78, 5) is 35.6. The Hall–Kier alpha value is -3.81. The number of carbonyl (C=O) groups is 3. The van der Waals surface area contributed by atoms with Crippen molar-refractivity contribution >= 4 is 29.4 Å². The summed E-state index contributed by atoms with van der Waals surface area (Å²) in [6.45, 7) is 3.12. The van der Waals surface area contributed by atoms with Crippen LogP contribution in [-0.4, -0.2) is 23.8 Å². The molecule has 3 rings (SSSR count). The van der Waals surface area contributed by atoms with Crippen molar-refractivity contribution in [2.45, 2.75) is 26.2 Å². The lowest BCUT2D eigenvalue weighted by Gasteiger charge is -2.29. The van der Waals surface area contributed by atoms with Gasteiger partial charge in [-0.3, -0.25) is 5.32 Å². The van der Waals surface area contributed by atoms with Gasteiger partial charge in [0.25, 0.3) is 5.79 Å². The molecule has 1 fully saturated rings. The number of cyclic esters (lactones) is 2. The highest BCUT2D eigenvalue weighted by molar-refractivity contribution is 6.15. The Morgan fingerprint density at radius 1 is 0.966 bits per heavy atom. The van der Waals surface area contributed by atoms with Crippen molar-refractivity contribution in [1.29, 1.82) is 0 Å². The average molecular weight is 396 g/mol. The van der Waals surface area contributed by atoms with Crippen LogP contribution in [0.3, 0.4) is 0 Å². The van der Waals surface area contributed by atoms with Gasteiger partial charge < -0.3 is 19.5 Å². The summed E-state index contributed by atoms with van der Waals surface area (Å²) in [6.07, 6.45) is 0.642. The van der Waals surface area contributed by atoms with Crippen molar-refractivity contribution in [1.82, 2.24) is 0 Å². The summed E-state index contributed by atoms with van der Waals surface area (Å²) in [5, 5.41) is 5.44. The van der Waals surface area contributed by atoms with Crippen molar-refractivity contribution in [3.8, 4) is 0 Å². The molecule has 1 saturated heterocycles. The van der Waals surface area contributed by atoms with E-state index < -0.39 is 23.8 Å². The number of rotatable bonds is 5. The van der Waals surface area contributed by atoms with Crippen LogP contribution in [0, 0.1) is 0 Å². The van der Waals surface area contributed by atoms with Crippen LogP contribution in [0.15, 0.2) is 66.4 Å². The molecule has 0 bridgehead atoms. The maximum absolute atomic E-state index is 11.9. The van der Waals surface area contributed by atoms with Crippen LogP contribution < -0.4 is 10.6 Å². The van der Waals surface area contributed by atoms with Gasteiger partial charge in [0, 0.05) is 31.4 Å². The maximum Gasteiger partial charge on any atom is 0.411 e. The number of ether oxygens (including phenoxy) is 3. The SMILES string of the molecule is CC1(C)OC(=O)C(=CNc2ccc(NC(=O)OCc3ccccc3)cc2)C(=O)O1. The monoisotopic (exact) mass is 396 g/mol. The number of hydrogen-bond acceptors (Lipinski definition) is 7. The zero-order valence-electron chi connectivity index (χ0n) is 15.9. The van der Waals surface area contributed by atoms with Crippen molar-refractivity contribution in [3.05, 3.63) is 71.9 Å². The average Bonchev–Trinajstić information content (AvgIpc) is 2.67. The number of nitrogens with one attached hydrogen (secondary N) is 2. The van der Waals surface area contributed by atoms with E-state index in [1.807, 2.05) is 30.3 Å². The van der Waals surface area contributed by atoms with Crippen LogP contribution >= 0.6 is 0 Å². The number of esters is 2. The molecule has 1 aliphatic heterocycles. The number of carbonyl (C=O) groups excluding carboxylic acids is 3. The largest absolute Gasteiger partial charge is 0.444 e.